The fraction of sp³-hybridized carbons (Fsp3) is 0.556. The molecule has 88 valence electrons. The summed E-state index contributed by atoms with van der Waals surface area (Å²) in [7, 11) is 2.39. The van der Waals surface area contributed by atoms with Crippen molar-refractivity contribution in [1.29, 1.82) is 0 Å². The van der Waals surface area contributed by atoms with Crippen molar-refractivity contribution in [2.75, 3.05) is 20.8 Å². The standard InChI is InChI=1S/C9H13N3O4/c1-15-8(13)7(9(14)16-2)5-3-4-6-11-12-10/h3-4,7H,5-6H2,1-2H3. The Labute approximate surface area is 92.7 Å². The second kappa shape index (κ2) is 8.31. The fourth-order valence-electron chi connectivity index (χ4n) is 0.964. The second-order valence-corrected chi connectivity index (χ2v) is 2.72. The Hall–Kier alpha value is -2.01. The van der Waals surface area contributed by atoms with E-state index in [-0.39, 0.29) is 13.0 Å². The topological polar surface area (TPSA) is 101 Å². The number of hydrogen-bond donors (Lipinski definition) is 0. The maximum atomic E-state index is 11.2. The fourth-order valence-corrected chi connectivity index (χ4v) is 0.964. The first-order valence-electron chi connectivity index (χ1n) is 4.48. The molecule has 0 aliphatic carbocycles. The van der Waals surface area contributed by atoms with Gasteiger partial charge in [0, 0.05) is 11.5 Å². The molecule has 0 saturated heterocycles. The summed E-state index contributed by atoms with van der Waals surface area (Å²) in [6.07, 6.45) is 3.27. The van der Waals surface area contributed by atoms with Crippen molar-refractivity contribution in [1.82, 2.24) is 0 Å². The van der Waals surface area contributed by atoms with Crippen LogP contribution in [0, 0.1) is 5.92 Å². The van der Waals surface area contributed by atoms with Crippen molar-refractivity contribution in [3.8, 4) is 0 Å². The normalized spacial score (nSPS) is 9.94. The van der Waals surface area contributed by atoms with E-state index in [9.17, 15) is 9.59 Å². The summed E-state index contributed by atoms with van der Waals surface area (Å²) in [6, 6.07) is 0. The van der Waals surface area contributed by atoms with Crippen LogP contribution in [0.4, 0.5) is 0 Å². The van der Waals surface area contributed by atoms with Crippen molar-refractivity contribution < 1.29 is 19.1 Å². The minimum atomic E-state index is -0.975. The van der Waals surface area contributed by atoms with Crippen LogP contribution in [0.15, 0.2) is 17.3 Å². The van der Waals surface area contributed by atoms with Crippen molar-refractivity contribution in [2.24, 2.45) is 11.0 Å². The molecule has 0 saturated carbocycles. The lowest BCUT2D eigenvalue weighted by molar-refractivity contribution is -0.158. The zero-order chi connectivity index (χ0) is 12.4. The van der Waals surface area contributed by atoms with Gasteiger partial charge < -0.3 is 9.47 Å². The van der Waals surface area contributed by atoms with Gasteiger partial charge in [0.1, 0.15) is 0 Å². The van der Waals surface area contributed by atoms with Crippen LogP contribution in [0.1, 0.15) is 6.42 Å². The number of hydrogen-bond acceptors (Lipinski definition) is 5. The minimum absolute atomic E-state index is 0.153. The van der Waals surface area contributed by atoms with E-state index in [4.69, 9.17) is 5.53 Å². The predicted molar refractivity (Wildman–Crippen MR) is 55.3 cm³/mol. The number of carbonyl (C=O) groups excluding carboxylic acids is 2. The van der Waals surface area contributed by atoms with E-state index in [1.165, 1.54) is 14.2 Å². The molecule has 16 heavy (non-hydrogen) atoms. The van der Waals surface area contributed by atoms with E-state index in [0.717, 1.165) is 0 Å². The number of allylic oxidation sites excluding steroid dienone is 1. The first kappa shape index (κ1) is 14.0. The Morgan fingerprint density at radius 1 is 1.31 bits per heavy atom. The van der Waals surface area contributed by atoms with E-state index in [0.29, 0.717) is 0 Å². The number of carbonyl (C=O) groups is 2. The van der Waals surface area contributed by atoms with Crippen molar-refractivity contribution >= 4 is 11.9 Å². The Morgan fingerprint density at radius 2 is 1.88 bits per heavy atom. The first-order chi connectivity index (χ1) is 7.67. The van der Waals surface area contributed by atoms with E-state index in [2.05, 4.69) is 19.5 Å². The zero-order valence-electron chi connectivity index (χ0n) is 9.12. The highest BCUT2D eigenvalue weighted by Gasteiger charge is 2.26. The van der Waals surface area contributed by atoms with Gasteiger partial charge in [-0.3, -0.25) is 9.59 Å². The van der Waals surface area contributed by atoms with Crippen LogP contribution in [0.25, 0.3) is 10.4 Å². The van der Waals surface area contributed by atoms with E-state index >= 15 is 0 Å². The van der Waals surface area contributed by atoms with Gasteiger partial charge in [-0.05, 0) is 12.0 Å². The summed E-state index contributed by atoms with van der Waals surface area (Å²) in [4.78, 5) is 24.9. The molecule has 0 aromatic rings. The number of esters is 2. The molecule has 0 unspecified atom stereocenters. The second-order valence-electron chi connectivity index (χ2n) is 2.72. The summed E-state index contributed by atoms with van der Waals surface area (Å²) in [5, 5.41) is 3.26. The number of methoxy groups -OCH3 is 2. The molecule has 0 atom stereocenters. The largest absolute Gasteiger partial charge is 0.468 e. The van der Waals surface area contributed by atoms with Gasteiger partial charge in [-0.25, -0.2) is 0 Å². The Balaban J connectivity index is 4.32. The average molecular weight is 227 g/mol. The van der Waals surface area contributed by atoms with Crippen LogP contribution in [0.3, 0.4) is 0 Å². The molecule has 0 amide bonds. The Morgan fingerprint density at radius 3 is 2.31 bits per heavy atom. The summed E-state index contributed by atoms with van der Waals surface area (Å²) >= 11 is 0. The summed E-state index contributed by atoms with van der Waals surface area (Å²) in [6.45, 7) is 0.172. The van der Waals surface area contributed by atoms with Crippen molar-refractivity contribution in [3.05, 3.63) is 22.6 Å². The van der Waals surface area contributed by atoms with Gasteiger partial charge in [0.25, 0.3) is 0 Å². The lowest BCUT2D eigenvalue weighted by Crippen LogP contribution is -2.25. The molecule has 0 aromatic heterocycles. The average Bonchev–Trinajstić information content (AvgIpc) is 2.32. The third-order valence-electron chi connectivity index (χ3n) is 1.76. The van der Waals surface area contributed by atoms with Gasteiger partial charge in [-0.2, -0.15) is 0 Å². The third-order valence-corrected chi connectivity index (χ3v) is 1.76. The van der Waals surface area contributed by atoms with E-state index in [1.54, 1.807) is 12.2 Å². The van der Waals surface area contributed by atoms with Gasteiger partial charge in [0.05, 0.1) is 14.2 Å². The van der Waals surface area contributed by atoms with Crippen LogP contribution in [0.2, 0.25) is 0 Å². The van der Waals surface area contributed by atoms with E-state index in [1.807, 2.05) is 0 Å². The lowest BCUT2D eigenvalue weighted by Gasteiger charge is -2.09. The third kappa shape index (κ3) is 5.02. The predicted octanol–water partition coefficient (Wildman–Crippen LogP) is 1.21. The van der Waals surface area contributed by atoms with Crippen molar-refractivity contribution in [2.45, 2.75) is 6.42 Å². The molecule has 0 heterocycles. The molecule has 0 spiro atoms. The maximum Gasteiger partial charge on any atom is 0.320 e. The Kier molecular flexibility index (Phi) is 7.27. The lowest BCUT2D eigenvalue weighted by atomic mass is 10.1. The molecular formula is C9H13N3O4. The molecule has 0 fully saturated rings. The molecule has 0 N–H and O–H groups in total. The number of ether oxygens (including phenoxy) is 2. The highest BCUT2D eigenvalue weighted by Crippen LogP contribution is 2.08. The number of rotatable bonds is 6. The van der Waals surface area contributed by atoms with Crippen LogP contribution in [-0.4, -0.2) is 32.7 Å². The summed E-state index contributed by atoms with van der Waals surface area (Å²) in [5.41, 5.74) is 8.00. The van der Waals surface area contributed by atoms with Gasteiger partial charge >= 0.3 is 11.9 Å². The van der Waals surface area contributed by atoms with Gasteiger partial charge in [-0.1, -0.05) is 17.3 Å². The molecule has 0 aromatic carbocycles. The summed E-state index contributed by atoms with van der Waals surface area (Å²) in [5.74, 6) is -2.28. The highest BCUT2D eigenvalue weighted by molar-refractivity contribution is 5.94. The molecule has 0 aliphatic rings. The number of nitrogens with zero attached hydrogens (tertiary/aromatic N) is 3. The quantitative estimate of drug-likeness (QED) is 0.170. The monoisotopic (exact) mass is 227 g/mol. The highest BCUT2D eigenvalue weighted by atomic mass is 16.5. The SMILES string of the molecule is COC(=O)C(CC=CCN=[N+]=[N-])C(=O)OC. The molecular weight excluding hydrogens is 214 g/mol. The van der Waals surface area contributed by atoms with Gasteiger partial charge in [0.15, 0.2) is 5.92 Å². The van der Waals surface area contributed by atoms with Crippen LogP contribution >= 0.6 is 0 Å². The molecule has 0 radical (unpaired) electrons. The zero-order valence-corrected chi connectivity index (χ0v) is 9.12. The van der Waals surface area contributed by atoms with Crippen LogP contribution in [-0.2, 0) is 19.1 Å². The molecule has 7 nitrogen and oxygen atoms in total. The van der Waals surface area contributed by atoms with Crippen LogP contribution < -0.4 is 0 Å². The van der Waals surface area contributed by atoms with Crippen molar-refractivity contribution in [3.63, 3.8) is 0 Å². The summed E-state index contributed by atoms with van der Waals surface area (Å²) < 4.78 is 8.92. The molecule has 0 rings (SSSR count). The molecule has 0 aliphatic heterocycles. The number of azide groups is 1. The smallest absolute Gasteiger partial charge is 0.320 e. The van der Waals surface area contributed by atoms with E-state index < -0.39 is 17.9 Å². The molecule has 0 bridgehead atoms. The minimum Gasteiger partial charge on any atom is -0.468 e. The first-order valence-corrected chi connectivity index (χ1v) is 4.48. The maximum absolute atomic E-state index is 11.2. The Bertz CT molecular complexity index is 305. The van der Waals surface area contributed by atoms with Crippen LogP contribution in [0.5, 0.6) is 0 Å². The van der Waals surface area contributed by atoms with Gasteiger partial charge in [0.2, 0.25) is 0 Å². The molecule has 7 heteroatoms. The van der Waals surface area contributed by atoms with Gasteiger partial charge in [-0.15, -0.1) is 0 Å².